The summed E-state index contributed by atoms with van der Waals surface area (Å²) in [6.45, 7) is 0. The molecule has 0 heterocycles. The molecule has 1 aliphatic rings. The molecule has 24 heavy (non-hydrogen) atoms. The standard InChI is InChI=1S/C19H19FO3S/c20-19-12-17(10-11-18(19)15-4-2-1-3-5-15)24(22,23)13-14-6-8-16(21)9-7-14/h1-5,10-12,14H,6-9,13H2. The molecule has 0 spiro atoms. The maximum absolute atomic E-state index is 14.4. The number of benzene rings is 2. The first-order valence-electron chi connectivity index (χ1n) is 8.05. The summed E-state index contributed by atoms with van der Waals surface area (Å²) < 4.78 is 39.4. The van der Waals surface area contributed by atoms with Gasteiger partial charge in [0.1, 0.15) is 11.6 Å². The number of Topliss-reactive ketones (excluding diaryl/α,β-unsaturated/α-hetero) is 1. The van der Waals surface area contributed by atoms with E-state index < -0.39 is 15.7 Å². The van der Waals surface area contributed by atoms with Gasteiger partial charge in [0, 0.05) is 18.4 Å². The van der Waals surface area contributed by atoms with Gasteiger partial charge >= 0.3 is 0 Å². The molecule has 0 unspecified atom stereocenters. The second-order valence-corrected chi connectivity index (χ2v) is 8.31. The maximum Gasteiger partial charge on any atom is 0.178 e. The van der Waals surface area contributed by atoms with Gasteiger partial charge in [-0.1, -0.05) is 36.4 Å². The van der Waals surface area contributed by atoms with Crippen LogP contribution >= 0.6 is 0 Å². The third-order valence-electron chi connectivity index (χ3n) is 4.50. The Bertz CT molecular complexity index is 834. The van der Waals surface area contributed by atoms with E-state index in [0.29, 0.717) is 36.8 Å². The lowest BCUT2D eigenvalue weighted by atomic mass is 9.90. The van der Waals surface area contributed by atoms with Crippen LogP contribution in [0.5, 0.6) is 0 Å². The van der Waals surface area contributed by atoms with Crippen LogP contribution in [-0.2, 0) is 14.6 Å². The average molecular weight is 346 g/mol. The Morgan fingerprint density at radius 3 is 2.29 bits per heavy atom. The lowest BCUT2D eigenvalue weighted by Gasteiger charge is -2.20. The van der Waals surface area contributed by atoms with Crippen molar-refractivity contribution in [3.05, 3.63) is 54.3 Å². The molecule has 0 bridgehead atoms. The molecular weight excluding hydrogens is 327 g/mol. The number of hydrogen-bond acceptors (Lipinski definition) is 3. The molecule has 1 saturated carbocycles. The Labute approximate surface area is 141 Å². The number of sulfone groups is 1. The predicted octanol–water partition coefficient (Wildman–Crippen LogP) is 4.03. The predicted molar refractivity (Wildman–Crippen MR) is 90.9 cm³/mol. The molecule has 0 atom stereocenters. The molecule has 0 amide bonds. The summed E-state index contributed by atoms with van der Waals surface area (Å²) >= 11 is 0. The summed E-state index contributed by atoms with van der Waals surface area (Å²) in [4.78, 5) is 11.3. The van der Waals surface area contributed by atoms with Crippen molar-refractivity contribution >= 4 is 15.6 Å². The van der Waals surface area contributed by atoms with Crippen LogP contribution in [0.4, 0.5) is 4.39 Å². The highest BCUT2D eigenvalue weighted by atomic mass is 32.2. The largest absolute Gasteiger partial charge is 0.300 e. The van der Waals surface area contributed by atoms with Gasteiger partial charge in [-0.25, -0.2) is 12.8 Å². The van der Waals surface area contributed by atoms with Crippen LogP contribution in [0.3, 0.4) is 0 Å². The van der Waals surface area contributed by atoms with Gasteiger partial charge in [0.2, 0.25) is 0 Å². The molecule has 0 saturated heterocycles. The smallest absolute Gasteiger partial charge is 0.178 e. The molecule has 2 aromatic carbocycles. The summed E-state index contributed by atoms with van der Waals surface area (Å²) in [5.74, 6) is -0.391. The summed E-state index contributed by atoms with van der Waals surface area (Å²) in [6, 6.07) is 13.1. The summed E-state index contributed by atoms with van der Waals surface area (Å²) in [5, 5.41) is 0. The van der Waals surface area contributed by atoms with Crippen molar-refractivity contribution in [2.24, 2.45) is 5.92 Å². The topological polar surface area (TPSA) is 51.2 Å². The van der Waals surface area contributed by atoms with Crippen molar-refractivity contribution in [2.75, 3.05) is 5.75 Å². The van der Waals surface area contributed by atoms with E-state index in [1.165, 1.54) is 12.1 Å². The molecule has 1 aliphatic carbocycles. The second-order valence-electron chi connectivity index (χ2n) is 6.27. The second kappa shape index (κ2) is 6.85. The number of hydrogen-bond donors (Lipinski definition) is 0. The normalized spacial score (nSPS) is 16.3. The summed E-state index contributed by atoms with van der Waals surface area (Å²) in [5.41, 5.74) is 1.10. The summed E-state index contributed by atoms with van der Waals surface area (Å²) in [6.07, 6.45) is 2.09. The number of halogens is 1. The van der Waals surface area contributed by atoms with E-state index in [-0.39, 0.29) is 22.3 Å². The molecule has 5 heteroatoms. The monoisotopic (exact) mass is 346 g/mol. The van der Waals surface area contributed by atoms with Crippen LogP contribution in [0.15, 0.2) is 53.4 Å². The number of carbonyl (C=O) groups is 1. The molecule has 0 aliphatic heterocycles. The van der Waals surface area contributed by atoms with Crippen LogP contribution in [0, 0.1) is 11.7 Å². The lowest BCUT2D eigenvalue weighted by Crippen LogP contribution is -2.22. The first-order valence-corrected chi connectivity index (χ1v) is 9.70. The number of rotatable bonds is 4. The van der Waals surface area contributed by atoms with Gasteiger partial charge in [-0.05, 0) is 36.5 Å². The highest BCUT2D eigenvalue weighted by Crippen LogP contribution is 2.28. The molecule has 0 aromatic heterocycles. The first-order chi connectivity index (χ1) is 11.5. The Hall–Kier alpha value is -2.01. The van der Waals surface area contributed by atoms with E-state index in [9.17, 15) is 17.6 Å². The molecule has 0 radical (unpaired) electrons. The van der Waals surface area contributed by atoms with E-state index in [2.05, 4.69) is 0 Å². The molecule has 126 valence electrons. The van der Waals surface area contributed by atoms with E-state index in [0.717, 1.165) is 6.07 Å². The lowest BCUT2D eigenvalue weighted by molar-refractivity contribution is -0.120. The zero-order chi connectivity index (χ0) is 17.2. The zero-order valence-corrected chi connectivity index (χ0v) is 14.1. The Kier molecular flexibility index (Phi) is 4.81. The zero-order valence-electron chi connectivity index (χ0n) is 13.2. The van der Waals surface area contributed by atoms with Crippen molar-refractivity contribution in [3.8, 4) is 11.1 Å². The highest BCUT2D eigenvalue weighted by molar-refractivity contribution is 7.91. The Balaban J connectivity index is 1.81. The maximum atomic E-state index is 14.4. The van der Waals surface area contributed by atoms with Crippen LogP contribution in [0.25, 0.3) is 11.1 Å². The van der Waals surface area contributed by atoms with Crippen molar-refractivity contribution in [2.45, 2.75) is 30.6 Å². The van der Waals surface area contributed by atoms with Crippen LogP contribution in [0.2, 0.25) is 0 Å². The fourth-order valence-corrected chi connectivity index (χ4v) is 4.82. The van der Waals surface area contributed by atoms with Crippen LogP contribution in [-0.4, -0.2) is 20.0 Å². The van der Waals surface area contributed by atoms with Crippen molar-refractivity contribution in [1.82, 2.24) is 0 Å². The van der Waals surface area contributed by atoms with Gasteiger partial charge in [0.25, 0.3) is 0 Å². The quantitative estimate of drug-likeness (QED) is 0.840. The third-order valence-corrected chi connectivity index (χ3v) is 6.38. The minimum absolute atomic E-state index is 0.0107. The molecule has 2 aromatic rings. The minimum atomic E-state index is -3.55. The van der Waals surface area contributed by atoms with E-state index in [1.54, 1.807) is 12.1 Å². The van der Waals surface area contributed by atoms with Gasteiger partial charge < -0.3 is 0 Å². The fourth-order valence-electron chi connectivity index (χ4n) is 3.11. The van der Waals surface area contributed by atoms with Crippen molar-refractivity contribution < 1.29 is 17.6 Å². The van der Waals surface area contributed by atoms with Crippen LogP contribution < -0.4 is 0 Å². The van der Waals surface area contributed by atoms with Crippen molar-refractivity contribution in [1.29, 1.82) is 0 Å². The van der Waals surface area contributed by atoms with Gasteiger partial charge in [0.15, 0.2) is 9.84 Å². The molecule has 3 rings (SSSR count). The van der Waals surface area contributed by atoms with E-state index >= 15 is 0 Å². The molecular formula is C19H19FO3S. The third kappa shape index (κ3) is 3.73. The summed E-state index contributed by atoms with van der Waals surface area (Å²) in [7, 11) is -3.55. The average Bonchev–Trinajstić information content (AvgIpc) is 2.57. The molecule has 3 nitrogen and oxygen atoms in total. The van der Waals surface area contributed by atoms with E-state index in [4.69, 9.17) is 0 Å². The minimum Gasteiger partial charge on any atom is -0.300 e. The SMILES string of the molecule is O=C1CCC(CS(=O)(=O)c2ccc(-c3ccccc3)c(F)c2)CC1. The highest BCUT2D eigenvalue weighted by Gasteiger charge is 2.26. The fraction of sp³-hybridized carbons (Fsp3) is 0.316. The first kappa shape index (κ1) is 16.8. The van der Waals surface area contributed by atoms with Gasteiger partial charge in [0.05, 0.1) is 10.6 Å². The van der Waals surface area contributed by atoms with Crippen molar-refractivity contribution in [3.63, 3.8) is 0 Å². The molecule has 0 N–H and O–H groups in total. The number of ketones is 1. The number of carbonyl (C=O) groups excluding carboxylic acids is 1. The van der Waals surface area contributed by atoms with Gasteiger partial charge in [-0.2, -0.15) is 0 Å². The van der Waals surface area contributed by atoms with Gasteiger partial charge in [-0.15, -0.1) is 0 Å². The van der Waals surface area contributed by atoms with Crippen LogP contribution in [0.1, 0.15) is 25.7 Å². The Morgan fingerprint density at radius 1 is 1.00 bits per heavy atom. The molecule has 1 fully saturated rings. The van der Waals surface area contributed by atoms with Gasteiger partial charge in [-0.3, -0.25) is 4.79 Å². The van der Waals surface area contributed by atoms with E-state index in [1.807, 2.05) is 18.2 Å². The Morgan fingerprint density at radius 2 is 1.67 bits per heavy atom.